The van der Waals surface area contributed by atoms with E-state index in [1.807, 2.05) is 0 Å². The Morgan fingerprint density at radius 1 is 0.519 bits per heavy atom. The van der Waals surface area contributed by atoms with Crippen molar-refractivity contribution < 1.29 is 41.7 Å². The topological polar surface area (TPSA) is 119 Å². The summed E-state index contributed by atoms with van der Waals surface area (Å²) in [6.07, 6.45) is 44.4. The van der Waals surface area contributed by atoms with Crippen LogP contribution in [0.25, 0.3) is 0 Å². The molecule has 0 saturated heterocycles. The Morgan fingerprint density at radius 2 is 0.788 bits per heavy atom. The molecule has 0 aliphatic carbocycles. The molecule has 0 aromatic heterocycles. The van der Waals surface area contributed by atoms with Gasteiger partial charge in [-0.3, -0.25) is 0 Å². The lowest BCUT2D eigenvalue weighted by Crippen LogP contribution is -3.10. The van der Waals surface area contributed by atoms with E-state index in [2.05, 4.69) is 30.1 Å². The van der Waals surface area contributed by atoms with Gasteiger partial charge in [0.2, 0.25) is 16.7 Å². The molecule has 0 spiro atoms. The molecule has 0 heterocycles. The molecule has 0 amide bonds. The van der Waals surface area contributed by atoms with Crippen molar-refractivity contribution in [3.63, 3.8) is 0 Å². The molecule has 0 aliphatic rings. The van der Waals surface area contributed by atoms with E-state index in [-0.39, 0.29) is 12.9 Å². The number of rotatable bonds is 42. The fourth-order valence-electron chi connectivity index (χ4n) is 6.56. The van der Waals surface area contributed by atoms with E-state index in [1.54, 1.807) is 0 Å². The minimum atomic E-state index is -4.65. The first-order valence-electron chi connectivity index (χ1n) is 22.1. The van der Waals surface area contributed by atoms with Crippen molar-refractivity contribution in [2.45, 2.75) is 226 Å². The van der Waals surface area contributed by atoms with E-state index in [0.717, 1.165) is 46.3 Å². The fraction of sp³-hybridized carbons (Fsp3) is 1.00. The molecular weight excluding hydrogens is 679 g/mol. The van der Waals surface area contributed by atoms with Gasteiger partial charge in [0.1, 0.15) is 13.1 Å². The van der Waals surface area contributed by atoms with Crippen LogP contribution in [-0.2, 0) is 29.1 Å². The number of aliphatic hydroxyl groups excluding tert-OH is 1. The molecule has 0 fully saturated rings. The third-order valence-corrected chi connectivity index (χ3v) is 10.1. The van der Waals surface area contributed by atoms with E-state index in [4.69, 9.17) is 9.47 Å². The summed E-state index contributed by atoms with van der Waals surface area (Å²) in [6, 6.07) is 0. The molecule has 0 aromatic rings. The summed E-state index contributed by atoms with van der Waals surface area (Å²) in [5, 5.41) is 9.31. The van der Waals surface area contributed by atoms with Gasteiger partial charge in [-0.2, -0.15) is 0 Å². The van der Waals surface area contributed by atoms with Crippen molar-refractivity contribution in [3.05, 3.63) is 0 Å². The second kappa shape index (κ2) is 45.1. The van der Waals surface area contributed by atoms with Gasteiger partial charge in [-0.1, -0.05) is 206 Å². The van der Waals surface area contributed by atoms with Crippen molar-refractivity contribution in [1.82, 2.24) is 0 Å². The summed E-state index contributed by atoms with van der Waals surface area (Å²) < 4.78 is 43.5. The van der Waals surface area contributed by atoms with E-state index < -0.39 is 10.4 Å². The highest BCUT2D eigenvalue weighted by Gasteiger charge is 2.15. The molecule has 9 nitrogen and oxygen atoms in total. The minimum Gasteiger partial charge on any atom is -0.724 e. The van der Waals surface area contributed by atoms with Gasteiger partial charge in [-0.25, -0.2) is 13.3 Å². The Morgan fingerprint density at radius 3 is 1.00 bits per heavy atom. The third kappa shape index (κ3) is 49.7. The number of quaternary nitrogens is 1. The number of unbranched alkanes of at least 4 members (excludes halogenated alkanes) is 30. The van der Waals surface area contributed by atoms with Crippen LogP contribution < -0.4 is 4.90 Å². The van der Waals surface area contributed by atoms with Crippen molar-refractivity contribution in [3.8, 4) is 0 Å². The van der Waals surface area contributed by atoms with Gasteiger partial charge < -0.3 is 24.0 Å². The monoisotopic (exact) mass is 768 g/mol. The van der Waals surface area contributed by atoms with E-state index in [0.29, 0.717) is 0 Å². The average Bonchev–Trinajstić information content (AvgIpc) is 3.10. The highest BCUT2D eigenvalue weighted by Crippen LogP contribution is 2.15. The lowest BCUT2D eigenvalue weighted by Gasteiger charge is -2.22. The van der Waals surface area contributed by atoms with Crippen LogP contribution >= 0.6 is 0 Å². The Kier molecular flexibility index (Phi) is 46.6. The van der Waals surface area contributed by atoms with Gasteiger partial charge >= 0.3 is 0 Å². The lowest BCUT2D eigenvalue weighted by atomic mass is 10.0. The molecule has 0 aromatic carbocycles. The smallest absolute Gasteiger partial charge is 0.245 e. The number of hydrogen-bond donors (Lipinski definition) is 2. The Balaban J connectivity index is 0. The first kappa shape index (κ1) is 53.8. The van der Waals surface area contributed by atoms with Crippen LogP contribution in [0.1, 0.15) is 219 Å². The largest absolute Gasteiger partial charge is 0.724 e. The minimum absolute atomic E-state index is 0.135. The van der Waals surface area contributed by atoms with Crippen LogP contribution in [0, 0.1) is 0 Å². The Bertz CT molecular complexity index is 720. The zero-order chi connectivity index (χ0) is 38.6. The normalized spacial score (nSPS) is 12.4. The van der Waals surface area contributed by atoms with Crippen molar-refractivity contribution >= 4 is 10.4 Å². The maximum atomic E-state index is 9.33. The van der Waals surface area contributed by atoms with Crippen molar-refractivity contribution in [1.29, 1.82) is 0 Å². The molecule has 0 saturated carbocycles. The Labute approximate surface area is 323 Å². The highest BCUT2D eigenvalue weighted by molar-refractivity contribution is 7.80. The molecule has 52 heavy (non-hydrogen) atoms. The van der Waals surface area contributed by atoms with Crippen LogP contribution in [0.15, 0.2) is 0 Å². The highest BCUT2D eigenvalue weighted by atomic mass is 32.3. The summed E-state index contributed by atoms with van der Waals surface area (Å²) in [5.74, 6) is 0. The average molecular weight is 768 g/mol. The molecule has 10 heteroatoms. The van der Waals surface area contributed by atoms with Crippen LogP contribution in [0.4, 0.5) is 0 Å². The molecular formula is C42H89NO8S. The van der Waals surface area contributed by atoms with Crippen LogP contribution in [0.2, 0.25) is 0 Å². The number of nitrogens with one attached hydrogen (secondary N) is 1. The summed E-state index contributed by atoms with van der Waals surface area (Å²) in [5.41, 5.74) is 0. The zero-order valence-corrected chi connectivity index (χ0v) is 35.8. The molecule has 1 atom stereocenters. The molecule has 0 bridgehead atoms. The predicted octanol–water partition coefficient (Wildman–Crippen LogP) is 10.4. The summed E-state index contributed by atoms with van der Waals surface area (Å²) in [7, 11) is -1.60. The van der Waals surface area contributed by atoms with Gasteiger partial charge in [0.25, 0.3) is 0 Å². The maximum Gasteiger partial charge on any atom is 0.245 e. The first-order valence-corrected chi connectivity index (χ1v) is 23.5. The number of ether oxygens (including phenoxy) is 2. The molecule has 316 valence electrons. The SMILES string of the molecule is CCCCCCCCCCCCCCCCCCOC(C[NH+](C)CCO)OCCCCCCCCCCCCCCCCCC.COOS(=O)(=O)[O-]. The number of likely N-dealkylation sites (N-methyl/N-ethyl adjacent to an activating group) is 1. The van der Waals surface area contributed by atoms with Crippen LogP contribution in [0.5, 0.6) is 0 Å². The zero-order valence-electron chi connectivity index (χ0n) is 35.0. The summed E-state index contributed by atoms with van der Waals surface area (Å²) >= 11 is 0. The number of hydrogen-bond acceptors (Lipinski definition) is 8. The van der Waals surface area contributed by atoms with Crippen LogP contribution in [0.3, 0.4) is 0 Å². The van der Waals surface area contributed by atoms with Crippen molar-refractivity contribution in [2.75, 3.05) is 47.1 Å². The Hall–Kier alpha value is -0.330. The lowest BCUT2D eigenvalue weighted by molar-refractivity contribution is -0.886. The number of aliphatic hydroxyl groups is 1. The molecule has 0 aliphatic heterocycles. The fourth-order valence-corrected chi connectivity index (χ4v) is 6.72. The predicted molar refractivity (Wildman–Crippen MR) is 216 cm³/mol. The standard InChI is InChI=1S/C41H85NO3.CH4O5S/c1-4-6-8-10-12-14-16-18-20-22-24-26-28-30-32-34-38-44-41(40-42(3)36-37-43)45-39-35-33-31-29-27-25-23-21-19-17-15-13-11-9-7-5-2;1-5-6-7(2,3)4/h41,43H,4-40H2,1-3H3;1H3,(H,2,3,4). The summed E-state index contributed by atoms with van der Waals surface area (Å²) in [4.78, 5) is 4.78. The molecule has 2 N–H and O–H groups in total. The van der Waals surface area contributed by atoms with E-state index >= 15 is 0 Å². The summed E-state index contributed by atoms with van der Waals surface area (Å²) in [6.45, 7) is 7.98. The van der Waals surface area contributed by atoms with Gasteiger partial charge in [0, 0.05) is 13.2 Å². The molecule has 0 radical (unpaired) electrons. The van der Waals surface area contributed by atoms with Gasteiger partial charge in [0.15, 0.2) is 0 Å². The van der Waals surface area contributed by atoms with Gasteiger partial charge in [-0.15, -0.1) is 4.33 Å². The first-order chi connectivity index (χ1) is 25.3. The second-order valence-corrected chi connectivity index (χ2v) is 16.0. The molecule has 0 rings (SSSR count). The van der Waals surface area contributed by atoms with E-state index in [1.165, 1.54) is 198 Å². The van der Waals surface area contributed by atoms with Gasteiger partial charge in [-0.05, 0) is 12.8 Å². The quantitative estimate of drug-likeness (QED) is 0.0157. The van der Waals surface area contributed by atoms with Crippen LogP contribution in [-0.4, -0.2) is 71.4 Å². The maximum absolute atomic E-state index is 9.33. The molecule has 1 unspecified atom stereocenters. The van der Waals surface area contributed by atoms with Gasteiger partial charge in [0.05, 0.1) is 20.8 Å². The van der Waals surface area contributed by atoms with E-state index in [9.17, 15) is 18.1 Å². The second-order valence-electron chi connectivity index (χ2n) is 15.1. The van der Waals surface area contributed by atoms with Crippen molar-refractivity contribution in [2.24, 2.45) is 0 Å². The third-order valence-electron chi connectivity index (χ3n) is 9.81.